The Morgan fingerprint density at radius 1 is 0.453 bits per heavy atom. The lowest BCUT2D eigenvalue weighted by Gasteiger charge is -2.40. The lowest BCUT2D eigenvalue weighted by molar-refractivity contribution is -0.301. The van der Waals surface area contributed by atoms with Gasteiger partial charge in [0.2, 0.25) is 0 Å². The minimum atomic E-state index is -1.91. The molecule has 6 atom stereocenters. The predicted octanol–water partition coefficient (Wildman–Crippen LogP) is 15.3. The van der Waals surface area contributed by atoms with Crippen LogP contribution in [0.4, 0.5) is 0 Å². The molecule has 75 heavy (non-hydrogen) atoms. The molecule has 1 rings (SSSR count). The number of allylic oxidation sites excluding steroid dienone is 12. The van der Waals surface area contributed by atoms with E-state index in [1.807, 2.05) is 0 Å². The molecule has 0 aromatic rings. The summed E-state index contributed by atoms with van der Waals surface area (Å²) in [6.07, 6.45) is 51.6. The van der Waals surface area contributed by atoms with Crippen LogP contribution < -0.4 is 0 Å². The van der Waals surface area contributed by atoms with E-state index in [1.54, 1.807) is 0 Å². The Labute approximate surface area is 455 Å². The number of aliphatic hydroxyl groups excluding tert-OH is 2. The fraction of sp³-hybridized carbons (Fsp3) is 0.746. The fourth-order valence-electron chi connectivity index (χ4n) is 8.63. The Kier molecular flexibility index (Phi) is 47.0. The van der Waals surface area contributed by atoms with E-state index in [2.05, 4.69) is 93.7 Å². The summed E-state index contributed by atoms with van der Waals surface area (Å²) in [5.74, 6) is -3.16. The maximum Gasteiger partial charge on any atom is 0.335 e. The molecule has 0 bridgehead atoms. The van der Waals surface area contributed by atoms with E-state index in [9.17, 15) is 34.5 Å². The van der Waals surface area contributed by atoms with Gasteiger partial charge in [-0.1, -0.05) is 203 Å². The van der Waals surface area contributed by atoms with Crippen LogP contribution in [0.5, 0.6) is 0 Å². The van der Waals surface area contributed by atoms with Crippen molar-refractivity contribution in [2.45, 2.75) is 289 Å². The third kappa shape index (κ3) is 41.0. The summed E-state index contributed by atoms with van der Waals surface area (Å²) in [7, 11) is 0. The minimum absolute atomic E-state index is 0.0410. The Morgan fingerprint density at radius 2 is 0.853 bits per heavy atom. The van der Waals surface area contributed by atoms with Crippen LogP contribution in [0.1, 0.15) is 252 Å². The Bertz CT molecular complexity index is 1580. The van der Waals surface area contributed by atoms with E-state index >= 15 is 0 Å². The number of carboxylic acids is 1. The maximum atomic E-state index is 13.1. The van der Waals surface area contributed by atoms with Gasteiger partial charge >= 0.3 is 23.9 Å². The van der Waals surface area contributed by atoms with Gasteiger partial charge < -0.3 is 39.0 Å². The first-order valence-corrected chi connectivity index (χ1v) is 29.9. The summed E-state index contributed by atoms with van der Waals surface area (Å²) < 4.78 is 28.4. The average Bonchev–Trinajstić information content (AvgIpc) is 3.39. The first kappa shape index (κ1) is 69.2. The molecule has 3 N–H and O–H groups in total. The van der Waals surface area contributed by atoms with Crippen LogP contribution >= 0.6 is 0 Å². The van der Waals surface area contributed by atoms with Crippen LogP contribution in [-0.2, 0) is 42.9 Å². The number of hydrogen-bond acceptors (Lipinski definition) is 11. The number of hydrogen-bond donors (Lipinski definition) is 3. The molecule has 1 heterocycles. The Hall–Kier alpha value is -3.84. The van der Waals surface area contributed by atoms with E-state index in [0.29, 0.717) is 19.3 Å². The normalized spacial score (nSPS) is 18.7. The molecular formula is C63H106O12. The van der Waals surface area contributed by atoms with Crippen LogP contribution in [0.2, 0.25) is 0 Å². The molecule has 6 unspecified atom stereocenters. The lowest BCUT2D eigenvalue weighted by atomic mass is 9.98. The van der Waals surface area contributed by atoms with Crippen LogP contribution in [-0.4, -0.2) is 89.2 Å². The van der Waals surface area contributed by atoms with Crippen molar-refractivity contribution >= 4 is 23.9 Å². The van der Waals surface area contributed by atoms with Gasteiger partial charge in [-0.25, -0.2) is 4.79 Å². The van der Waals surface area contributed by atoms with Crippen molar-refractivity contribution in [1.82, 2.24) is 0 Å². The van der Waals surface area contributed by atoms with Crippen molar-refractivity contribution < 1.29 is 58.2 Å². The number of rotatable bonds is 50. The lowest BCUT2D eigenvalue weighted by Crippen LogP contribution is -2.61. The molecule has 0 aromatic heterocycles. The van der Waals surface area contributed by atoms with Crippen molar-refractivity contribution in [1.29, 1.82) is 0 Å². The quantitative estimate of drug-likeness (QED) is 0.0228. The van der Waals surface area contributed by atoms with Gasteiger partial charge in [-0.3, -0.25) is 14.4 Å². The molecule has 1 fully saturated rings. The number of carbonyl (C=O) groups excluding carboxylic acids is 3. The zero-order valence-electron chi connectivity index (χ0n) is 47.3. The second kappa shape index (κ2) is 50.9. The Balaban J connectivity index is 2.67. The molecule has 0 spiro atoms. The number of carboxylic acid groups (broad SMARTS) is 1. The van der Waals surface area contributed by atoms with Crippen molar-refractivity contribution in [3.8, 4) is 0 Å². The number of aliphatic carboxylic acids is 1. The number of esters is 3. The minimum Gasteiger partial charge on any atom is -0.479 e. The second-order valence-electron chi connectivity index (χ2n) is 20.2. The van der Waals surface area contributed by atoms with Gasteiger partial charge in [0.1, 0.15) is 18.8 Å². The molecular weight excluding hydrogens is 949 g/mol. The molecule has 12 heteroatoms. The maximum absolute atomic E-state index is 13.1. The largest absolute Gasteiger partial charge is 0.479 e. The van der Waals surface area contributed by atoms with Crippen LogP contribution in [0.25, 0.3) is 0 Å². The standard InChI is InChI=1S/C63H106O12/c1-4-7-10-13-16-19-22-24-26-27-28-29-31-33-36-39-42-45-48-51-57(66)74-61-59(68)58(67)60(62(69)70)75-63(61)72-53-54(73-56(65)50-47-44-41-38-34-21-18-15-12-9-6-3)52-71-55(64)49-46-43-40-37-35-32-30-25-23-20-17-14-11-8-5-2/h7,10,15-16,18-19,24-26,28-30,54,58-61,63,67-68H,4-6,8-9,11-14,17,20-23,27,31-53H2,1-3H3,(H,69,70)/b10-7-,18-15-,19-16-,26-24-,29-28-,30-25-. The molecule has 0 aromatic carbocycles. The predicted molar refractivity (Wildman–Crippen MR) is 303 cm³/mol. The van der Waals surface area contributed by atoms with Crippen molar-refractivity contribution in [2.24, 2.45) is 0 Å². The van der Waals surface area contributed by atoms with Crippen LogP contribution in [0, 0.1) is 0 Å². The average molecular weight is 1060 g/mol. The first-order valence-electron chi connectivity index (χ1n) is 29.9. The van der Waals surface area contributed by atoms with Crippen molar-refractivity contribution in [3.05, 3.63) is 72.9 Å². The number of aliphatic hydroxyl groups is 2. The topological polar surface area (TPSA) is 175 Å². The molecule has 1 aliphatic heterocycles. The first-order chi connectivity index (χ1) is 36.6. The van der Waals surface area contributed by atoms with Gasteiger partial charge in [-0.15, -0.1) is 0 Å². The monoisotopic (exact) mass is 1050 g/mol. The van der Waals surface area contributed by atoms with E-state index in [-0.39, 0.29) is 25.9 Å². The molecule has 1 aliphatic rings. The van der Waals surface area contributed by atoms with Gasteiger partial charge in [0.25, 0.3) is 0 Å². The summed E-state index contributed by atoms with van der Waals surface area (Å²) in [6.45, 7) is 5.82. The Morgan fingerprint density at radius 3 is 1.33 bits per heavy atom. The fourth-order valence-corrected chi connectivity index (χ4v) is 8.63. The van der Waals surface area contributed by atoms with Gasteiger partial charge in [-0.2, -0.15) is 0 Å². The summed E-state index contributed by atoms with van der Waals surface area (Å²) in [5, 5.41) is 31.5. The molecule has 1 saturated heterocycles. The van der Waals surface area contributed by atoms with Crippen LogP contribution in [0.15, 0.2) is 72.9 Å². The second-order valence-corrected chi connectivity index (χ2v) is 20.2. The summed E-state index contributed by atoms with van der Waals surface area (Å²) in [4.78, 5) is 51.1. The van der Waals surface area contributed by atoms with E-state index in [0.717, 1.165) is 141 Å². The van der Waals surface area contributed by atoms with Gasteiger partial charge in [-0.05, 0) is 103 Å². The van der Waals surface area contributed by atoms with Gasteiger partial charge in [0, 0.05) is 19.3 Å². The van der Waals surface area contributed by atoms with Gasteiger partial charge in [0.15, 0.2) is 24.6 Å². The highest BCUT2D eigenvalue weighted by atomic mass is 16.7. The molecule has 430 valence electrons. The summed E-state index contributed by atoms with van der Waals surface area (Å²) >= 11 is 0. The third-order valence-corrected chi connectivity index (χ3v) is 13.2. The zero-order chi connectivity index (χ0) is 54.7. The number of unbranched alkanes of at least 4 members (excludes halogenated alkanes) is 24. The highest BCUT2D eigenvalue weighted by molar-refractivity contribution is 5.74. The van der Waals surface area contributed by atoms with Crippen LogP contribution in [0.3, 0.4) is 0 Å². The molecule has 0 aliphatic carbocycles. The highest BCUT2D eigenvalue weighted by Gasteiger charge is 2.50. The van der Waals surface area contributed by atoms with E-state index < -0.39 is 67.3 Å². The number of ether oxygens (including phenoxy) is 5. The third-order valence-electron chi connectivity index (χ3n) is 13.2. The van der Waals surface area contributed by atoms with E-state index in [1.165, 1.54) is 51.4 Å². The summed E-state index contributed by atoms with van der Waals surface area (Å²) in [6, 6.07) is 0. The number of carbonyl (C=O) groups is 4. The highest BCUT2D eigenvalue weighted by Crippen LogP contribution is 2.26. The van der Waals surface area contributed by atoms with Gasteiger partial charge in [0.05, 0.1) is 6.61 Å². The summed E-state index contributed by atoms with van der Waals surface area (Å²) in [5.41, 5.74) is 0. The SMILES string of the molecule is CC/C=C\C/C=C\C/C=C\C/C=C\CCCCCCCCC(=O)OC1C(OCC(COC(=O)CCCCCCC/C=C\CCCCCCCC)OC(=O)CCCCCCC/C=C\CCCC)OC(C(=O)O)C(O)C1O. The molecule has 12 nitrogen and oxygen atoms in total. The van der Waals surface area contributed by atoms with Crippen molar-refractivity contribution in [3.63, 3.8) is 0 Å². The smallest absolute Gasteiger partial charge is 0.335 e. The molecule has 0 saturated carbocycles. The molecule has 0 amide bonds. The van der Waals surface area contributed by atoms with E-state index in [4.69, 9.17) is 23.7 Å². The van der Waals surface area contributed by atoms with Crippen molar-refractivity contribution in [2.75, 3.05) is 13.2 Å². The zero-order valence-corrected chi connectivity index (χ0v) is 47.3. The molecule has 0 radical (unpaired) electrons.